The summed E-state index contributed by atoms with van der Waals surface area (Å²) in [5.41, 5.74) is 1.82. The van der Waals surface area contributed by atoms with Crippen LogP contribution in [-0.2, 0) is 22.6 Å². The number of nitrogens with one attached hydrogen (secondary N) is 1. The lowest BCUT2D eigenvalue weighted by Gasteiger charge is -2.49. The van der Waals surface area contributed by atoms with Crippen molar-refractivity contribution in [2.75, 3.05) is 24.2 Å². The maximum atomic E-state index is 12.4. The van der Waals surface area contributed by atoms with Crippen LogP contribution in [0, 0.1) is 11.3 Å². The predicted molar refractivity (Wildman–Crippen MR) is 116 cm³/mol. The topological polar surface area (TPSA) is 122 Å². The fourth-order valence-electron chi connectivity index (χ4n) is 3.75. The normalized spacial score (nSPS) is 15.9. The molecule has 4 heterocycles. The molecule has 31 heavy (non-hydrogen) atoms. The molecule has 0 spiro atoms. The van der Waals surface area contributed by atoms with Crippen molar-refractivity contribution < 1.29 is 8.42 Å². The summed E-state index contributed by atoms with van der Waals surface area (Å²) in [6, 6.07) is 5.94. The third kappa shape index (κ3) is 4.17. The first-order valence-electron chi connectivity index (χ1n) is 9.97. The van der Waals surface area contributed by atoms with E-state index in [4.69, 9.17) is 0 Å². The Morgan fingerprint density at radius 2 is 2.10 bits per heavy atom. The van der Waals surface area contributed by atoms with Gasteiger partial charge in [0, 0.05) is 50.5 Å². The van der Waals surface area contributed by atoms with E-state index in [-0.39, 0.29) is 12.2 Å². The molecule has 11 heteroatoms. The van der Waals surface area contributed by atoms with E-state index >= 15 is 0 Å². The molecular formula is C20H24N8O2S. The molecule has 0 amide bonds. The van der Waals surface area contributed by atoms with Crippen LogP contribution in [0.5, 0.6) is 0 Å². The van der Waals surface area contributed by atoms with Crippen LogP contribution in [0.15, 0.2) is 43.1 Å². The van der Waals surface area contributed by atoms with Crippen molar-refractivity contribution in [2.24, 2.45) is 7.05 Å². The van der Waals surface area contributed by atoms with Gasteiger partial charge in [-0.1, -0.05) is 6.92 Å². The van der Waals surface area contributed by atoms with E-state index in [1.807, 2.05) is 49.3 Å². The molecule has 162 valence electrons. The van der Waals surface area contributed by atoms with Gasteiger partial charge in [0.25, 0.3) is 0 Å². The molecule has 1 fully saturated rings. The van der Waals surface area contributed by atoms with E-state index in [0.717, 1.165) is 16.9 Å². The second-order valence-electron chi connectivity index (χ2n) is 7.74. The molecule has 3 aromatic rings. The van der Waals surface area contributed by atoms with Crippen molar-refractivity contribution in [2.45, 2.75) is 25.3 Å². The van der Waals surface area contributed by atoms with Gasteiger partial charge in [-0.05, 0) is 18.6 Å². The Hall–Kier alpha value is -3.23. The van der Waals surface area contributed by atoms with Crippen molar-refractivity contribution in [1.82, 2.24) is 28.6 Å². The fourth-order valence-corrected chi connectivity index (χ4v) is 5.39. The van der Waals surface area contributed by atoms with Crippen LogP contribution in [0.25, 0.3) is 11.3 Å². The molecule has 10 nitrogen and oxygen atoms in total. The fraction of sp³-hybridized carbons (Fsp3) is 0.400. The lowest BCUT2D eigenvalue weighted by atomic mass is 9.89. The van der Waals surface area contributed by atoms with Gasteiger partial charge in [0.15, 0.2) is 0 Å². The summed E-state index contributed by atoms with van der Waals surface area (Å²) in [6.45, 7) is 2.44. The second kappa shape index (κ2) is 8.13. The molecule has 0 radical (unpaired) electrons. The van der Waals surface area contributed by atoms with Crippen molar-refractivity contribution in [3.05, 3.63) is 43.1 Å². The Morgan fingerprint density at radius 3 is 2.77 bits per heavy atom. The van der Waals surface area contributed by atoms with Gasteiger partial charge in [-0.25, -0.2) is 18.4 Å². The first-order valence-corrected chi connectivity index (χ1v) is 11.6. The minimum atomic E-state index is -3.28. The predicted octanol–water partition coefficient (Wildman–Crippen LogP) is 2.09. The van der Waals surface area contributed by atoms with Gasteiger partial charge in [0.05, 0.1) is 41.4 Å². The summed E-state index contributed by atoms with van der Waals surface area (Å²) in [4.78, 5) is 8.82. The lowest BCUT2D eigenvalue weighted by molar-refractivity contribution is 0.0850. The van der Waals surface area contributed by atoms with Crippen LogP contribution in [0.4, 0.5) is 11.6 Å². The number of hydrogen-bond acceptors (Lipinski definition) is 7. The first kappa shape index (κ1) is 21.0. The van der Waals surface area contributed by atoms with Crippen molar-refractivity contribution in [1.29, 1.82) is 5.26 Å². The van der Waals surface area contributed by atoms with Gasteiger partial charge in [0.2, 0.25) is 16.0 Å². The molecule has 1 aliphatic heterocycles. The summed E-state index contributed by atoms with van der Waals surface area (Å²) in [7, 11) is -1.44. The molecule has 0 bridgehead atoms. The first-order chi connectivity index (χ1) is 14.8. The molecule has 0 aliphatic carbocycles. The van der Waals surface area contributed by atoms with Crippen LogP contribution < -0.4 is 5.32 Å². The summed E-state index contributed by atoms with van der Waals surface area (Å²) < 4.78 is 29.8. The molecular weight excluding hydrogens is 416 g/mol. The largest absolute Gasteiger partial charge is 0.344 e. The summed E-state index contributed by atoms with van der Waals surface area (Å²) in [6.07, 6.45) is 9.79. The highest BCUT2D eigenvalue weighted by atomic mass is 32.2. The van der Waals surface area contributed by atoms with Gasteiger partial charge in [-0.15, -0.1) is 0 Å². The Balaban J connectivity index is 1.55. The lowest BCUT2D eigenvalue weighted by Crippen LogP contribution is -2.64. The quantitative estimate of drug-likeness (QED) is 0.569. The zero-order valence-electron chi connectivity index (χ0n) is 17.4. The van der Waals surface area contributed by atoms with Crippen molar-refractivity contribution >= 4 is 21.7 Å². The minimum absolute atomic E-state index is 0.125. The molecule has 0 atom stereocenters. The number of aromatic nitrogens is 5. The number of anilines is 2. The molecule has 1 saturated heterocycles. The molecule has 0 unspecified atom stereocenters. The zero-order valence-corrected chi connectivity index (χ0v) is 18.2. The Kier molecular flexibility index (Phi) is 5.51. The van der Waals surface area contributed by atoms with Crippen LogP contribution >= 0.6 is 0 Å². The van der Waals surface area contributed by atoms with E-state index in [9.17, 15) is 13.7 Å². The van der Waals surface area contributed by atoms with E-state index in [0.29, 0.717) is 25.5 Å². The number of rotatable bonds is 8. The molecule has 1 aliphatic rings. The second-order valence-corrected chi connectivity index (χ2v) is 9.83. The van der Waals surface area contributed by atoms with Gasteiger partial charge < -0.3 is 9.88 Å². The maximum Gasteiger partial charge on any atom is 0.227 e. The number of hydrogen-bond donors (Lipinski definition) is 1. The minimum Gasteiger partial charge on any atom is -0.344 e. The van der Waals surface area contributed by atoms with Gasteiger partial charge in [-0.2, -0.15) is 14.7 Å². The van der Waals surface area contributed by atoms with E-state index in [2.05, 4.69) is 26.5 Å². The number of sulfonamides is 1. The molecule has 0 aromatic carbocycles. The molecule has 1 N–H and O–H groups in total. The summed E-state index contributed by atoms with van der Waals surface area (Å²) in [5.74, 6) is 0.575. The van der Waals surface area contributed by atoms with Crippen molar-refractivity contribution in [3.8, 4) is 17.3 Å². The summed E-state index contributed by atoms with van der Waals surface area (Å²) >= 11 is 0. The zero-order chi connectivity index (χ0) is 22.1. The summed E-state index contributed by atoms with van der Waals surface area (Å²) in [5, 5.41) is 16.6. The van der Waals surface area contributed by atoms with Gasteiger partial charge >= 0.3 is 0 Å². The van der Waals surface area contributed by atoms with Crippen LogP contribution in [0.2, 0.25) is 0 Å². The van der Waals surface area contributed by atoms with E-state index in [1.165, 1.54) is 4.31 Å². The van der Waals surface area contributed by atoms with Crippen molar-refractivity contribution in [3.63, 3.8) is 0 Å². The van der Waals surface area contributed by atoms with E-state index in [1.54, 1.807) is 17.1 Å². The maximum absolute atomic E-state index is 12.4. The molecule has 0 saturated carbocycles. The SMILES string of the molecule is CCCS(=O)(=O)N1CC(CC#N)(n2ccc(-c3ccnc(Nc4cnn(C)c4)n3)c2)C1. The number of nitriles is 1. The van der Waals surface area contributed by atoms with Crippen LogP contribution in [-0.4, -0.2) is 55.9 Å². The van der Waals surface area contributed by atoms with Gasteiger partial charge in [0.1, 0.15) is 0 Å². The Labute approximate surface area is 181 Å². The highest BCUT2D eigenvalue weighted by Gasteiger charge is 2.48. The Morgan fingerprint density at radius 1 is 1.29 bits per heavy atom. The Bertz CT molecular complexity index is 1220. The monoisotopic (exact) mass is 440 g/mol. The highest BCUT2D eigenvalue weighted by Crippen LogP contribution is 2.36. The van der Waals surface area contributed by atoms with Gasteiger partial charge in [-0.3, -0.25) is 4.68 Å². The molecule has 4 rings (SSSR count). The standard InChI is InChI=1S/C20H24N8O2S/c1-3-10-31(29,30)28-14-20(15-28,6-7-21)27-9-5-16(12-27)18-4-8-22-19(25-18)24-17-11-23-26(2)13-17/h4-5,8-9,11-13H,3,6,10,14-15H2,1-2H3,(H,22,24,25). The average molecular weight is 441 g/mol. The smallest absolute Gasteiger partial charge is 0.227 e. The van der Waals surface area contributed by atoms with Crippen LogP contribution in [0.3, 0.4) is 0 Å². The number of nitrogens with zero attached hydrogens (tertiary/aromatic N) is 7. The highest BCUT2D eigenvalue weighted by molar-refractivity contribution is 7.89. The molecule has 3 aromatic heterocycles. The van der Waals surface area contributed by atoms with E-state index < -0.39 is 15.6 Å². The third-order valence-electron chi connectivity index (χ3n) is 5.36. The van der Waals surface area contributed by atoms with Crippen LogP contribution in [0.1, 0.15) is 19.8 Å². The number of aryl methyl sites for hydroxylation is 1. The average Bonchev–Trinajstić information content (AvgIpc) is 3.34. The third-order valence-corrected chi connectivity index (χ3v) is 7.33.